The Morgan fingerprint density at radius 3 is 2.58 bits per heavy atom. The maximum Gasteiger partial charge on any atom is 0.127 e. The van der Waals surface area contributed by atoms with Gasteiger partial charge in [-0.1, -0.05) is 54.6 Å². The van der Waals surface area contributed by atoms with Crippen LogP contribution in [0.4, 0.5) is 0 Å². The summed E-state index contributed by atoms with van der Waals surface area (Å²) in [7, 11) is 0. The van der Waals surface area contributed by atoms with E-state index in [9.17, 15) is 0 Å². The van der Waals surface area contributed by atoms with E-state index in [-0.39, 0.29) is 0 Å². The van der Waals surface area contributed by atoms with E-state index in [1.54, 1.807) is 0 Å². The second-order valence-electron chi connectivity index (χ2n) is 4.73. The summed E-state index contributed by atoms with van der Waals surface area (Å²) in [6, 6.07) is 18.5. The highest BCUT2D eigenvalue weighted by Crippen LogP contribution is 2.29. The minimum absolute atomic E-state index is 0.645. The lowest BCUT2D eigenvalue weighted by Crippen LogP contribution is -2.07. The van der Waals surface area contributed by atoms with Crippen molar-refractivity contribution in [3.63, 3.8) is 0 Å². The van der Waals surface area contributed by atoms with Crippen molar-refractivity contribution >= 4 is 12.2 Å². The fraction of sp³-hybridized carbons (Fsp3) is 0.111. The zero-order valence-electron chi connectivity index (χ0n) is 11.0. The van der Waals surface area contributed by atoms with Crippen LogP contribution in [0.5, 0.6) is 5.75 Å². The third kappa shape index (κ3) is 2.60. The van der Waals surface area contributed by atoms with Crippen LogP contribution in [0.1, 0.15) is 18.1 Å². The second kappa shape index (κ2) is 5.15. The summed E-state index contributed by atoms with van der Waals surface area (Å²) in [5, 5.41) is 0. The van der Waals surface area contributed by atoms with E-state index < -0.39 is 0 Å². The average molecular weight is 248 g/mol. The Hall–Kier alpha value is -2.28. The molecule has 1 nitrogen and oxygen atoms in total. The first-order valence-corrected chi connectivity index (χ1v) is 6.49. The van der Waals surface area contributed by atoms with Crippen LogP contribution in [0.25, 0.3) is 12.2 Å². The van der Waals surface area contributed by atoms with Crippen molar-refractivity contribution in [2.24, 2.45) is 0 Å². The standard InChI is InChI=1S/C18H16O/c1-14(11-15-7-3-2-4-8-15)17-12-16-9-5-6-10-18(16)19-13-17/h2-12H,13H2,1H3/b14-11-. The molecule has 0 aliphatic carbocycles. The zero-order valence-corrected chi connectivity index (χ0v) is 11.0. The van der Waals surface area contributed by atoms with Gasteiger partial charge >= 0.3 is 0 Å². The van der Waals surface area contributed by atoms with Gasteiger partial charge in [0.15, 0.2) is 0 Å². The van der Waals surface area contributed by atoms with Crippen LogP contribution in [-0.2, 0) is 0 Å². The molecule has 0 radical (unpaired) electrons. The van der Waals surface area contributed by atoms with Gasteiger partial charge in [-0.25, -0.2) is 0 Å². The first-order valence-electron chi connectivity index (χ1n) is 6.49. The maximum absolute atomic E-state index is 5.79. The normalized spacial score (nSPS) is 14.4. The van der Waals surface area contributed by atoms with Crippen LogP contribution in [-0.4, -0.2) is 6.61 Å². The predicted molar refractivity (Wildman–Crippen MR) is 80.0 cm³/mol. The molecule has 1 aliphatic rings. The molecule has 0 unspecified atom stereocenters. The topological polar surface area (TPSA) is 9.23 Å². The summed E-state index contributed by atoms with van der Waals surface area (Å²) >= 11 is 0. The van der Waals surface area contributed by atoms with Gasteiger partial charge in [0.25, 0.3) is 0 Å². The lowest BCUT2D eigenvalue weighted by molar-refractivity contribution is 0.349. The van der Waals surface area contributed by atoms with E-state index in [2.05, 4.69) is 49.4 Å². The summed E-state index contributed by atoms with van der Waals surface area (Å²) < 4.78 is 5.79. The van der Waals surface area contributed by atoms with Crippen LogP contribution in [0.2, 0.25) is 0 Å². The number of para-hydroxylation sites is 1. The number of hydrogen-bond donors (Lipinski definition) is 0. The molecule has 0 spiro atoms. The molecule has 2 aromatic carbocycles. The molecule has 0 atom stereocenters. The molecule has 0 bridgehead atoms. The molecule has 0 saturated heterocycles. The van der Waals surface area contributed by atoms with Crippen molar-refractivity contribution < 1.29 is 4.74 Å². The van der Waals surface area contributed by atoms with E-state index in [1.807, 2.05) is 24.3 Å². The minimum atomic E-state index is 0.645. The van der Waals surface area contributed by atoms with E-state index in [1.165, 1.54) is 16.7 Å². The lowest BCUT2D eigenvalue weighted by atomic mass is 10.00. The monoisotopic (exact) mass is 248 g/mol. The van der Waals surface area contributed by atoms with Crippen LogP contribution < -0.4 is 4.74 Å². The molecule has 0 amide bonds. The Kier molecular flexibility index (Phi) is 3.20. The Morgan fingerprint density at radius 1 is 1.00 bits per heavy atom. The Bertz CT molecular complexity index is 636. The van der Waals surface area contributed by atoms with Gasteiger partial charge in [-0.2, -0.15) is 0 Å². The molecule has 2 aromatic rings. The molecule has 19 heavy (non-hydrogen) atoms. The van der Waals surface area contributed by atoms with Crippen molar-refractivity contribution in [2.45, 2.75) is 6.92 Å². The molecular weight excluding hydrogens is 232 g/mol. The number of hydrogen-bond acceptors (Lipinski definition) is 1. The Labute approximate surface area is 113 Å². The van der Waals surface area contributed by atoms with Gasteiger partial charge in [0.1, 0.15) is 12.4 Å². The number of ether oxygens (including phenoxy) is 1. The van der Waals surface area contributed by atoms with E-state index in [0.29, 0.717) is 6.61 Å². The highest BCUT2D eigenvalue weighted by molar-refractivity contribution is 5.69. The molecule has 0 fully saturated rings. The number of benzene rings is 2. The van der Waals surface area contributed by atoms with Gasteiger partial charge < -0.3 is 4.74 Å². The molecule has 94 valence electrons. The first kappa shape index (κ1) is 11.8. The maximum atomic E-state index is 5.79. The Balaban J connectivity index is 1.92. The van der Waals surface area contributed by atoms with Crippen molar-refractivity contribution in [3.05, 3.63) is 76.9 Å². The fourth-order valence-corrected chi connectivity index (χ4v) is 2.24. The summed E-state index contributed by atoms with van der Waals surface area (Å²) in [5.41, 5.74) is 4.87. The molecule has 1 heterocycles. The molecule has 0 N–H and O–H groups in total. The van der Waals surface area contributed by atoms with E-state index in [4.69, 9.17) is 4.74 Å². The van der Waals surface area contributed by atoms with Crippen molar-refractivity contribution in [1.82, 2.24) is 0 Å². The first-order chi connectivity index (χ1) is 9.33. The fourth-order valence-electron chi connectivity index (χ4n) is 2.24. The molecular formula is C18H16O. The van der Waals surface area contributed by atoms with E-state index >= 15 is 0 Å². The van der Waals surface area contributed by atoms with Crippen LogP contribution in [0.15, 0.2) is 65.7 Å². The largest absolute Gasteiger partial charge is 0.488 e. The summed E-state index contributed by atoms with van der Waals surface area (Å²) in [6.07, 6.45) is 4.41. The summed E-state index contributed by atoms with van der Waals surface area (Å²) in [6.45, 7) is 2.78. The van der Waals surface area contributed by atoms with Crippen LogP contribution in [0.3, 0.4) is 0 Å². The lowest BCUT2D eigenvalue weighted by Gasteiger charge is -2.18. The molecule has 3 rings (SSSR count). The zero-order chi connectivity index (χ0) is 13.1. The number of fused-ring (bicyclic) bond motifs is 1. The number of rotatable bonds is 2. The molecule has 0 aromatic heterocycles. The van der Waals surface area contributed by atoms with Gasteiger partial charge in [-0.3, -0.25) is 0 Å². The third-order valence-corrected chi connectivity index (χ3v) is 3.32. The van der Waals surface area contributed by atoms with Crippen LogP contribution in [0, 0.1) is 0 Å². The molecule has 1 aliphatic heterocycles. The summed E-state index contributed by atoms with van der Waals surface area (Å²) in [4.78, 5) is 0. The minimum Gasteiger partial charge on any atom is -0.488 e. The highest BCUT2D eigenvalue weighted by Gasteiger charge is 2.11. The van der Waals surface area contributed by atoms with Gasteiger partial charge in [-0.15, -0.1) is 0 Å². The molecule has 0 saturated carbocycles. The predicted octanol–water partition coefficient (Wildman–Crippen LogP) is 4.57. The van der Waals surface area contributed by atoms with Crippen LogP contribution >= 0.6 is 0 Å². The Morgan fingerprint density at radius 2 is 1.74 bits per heavy atom. The highest BCUT2D eigenvalue weighted by atomic mass is 16.5. The SMILES string of the molecule is C/C(=C/c1ccccc1)C1=Cc2ccccc2OC1. The molecule has 1 heteroatoms. The van der Waals surface area contributed by atoms with Crippen molar-refractivity contribution in [2.75, 3.05) is 6.61 Å². The van der Waals surface area contributed by atoms with Crippen molar-refractivity contribution in [1.29, 1.82) is 0 Å². The second-order valence-corrected chi connectivity index (χ2v) is 4.73. The van der Waals surface area contributed by atoms with E-state index in [0.717, 1.165) is 11.3 Å². The van der Waals surface area contributed by atoms with Gasteiger partial charge in [0.05, 0.1) is 0 Å². The van der Waals surface area contributed by atoms with Gasteiger partial charge in [0.2, 0.25) is 0 Å². The third-order valence-electron chi connectivity index (χ3n) is 3.32. The smallest absolute Gasteiger partial charge is 0.127 e. The average Bonchev–Trinajstić information content (AvgIpc) is 2.48. The van der Waals surface area contributed by atoms with Gasteiger partial charge in [0, 0.05) is 5.56 Å². The summed E-state index contributed by atoms with van der Waals surface area (Å²) in [5.74, 6) is 0.971. The quantitative estimate of drug-likeness (QED) is 0.756. The van der Waals surface area contributed by atoms with Gasteiger partial charge in [-0.05, 0) is 35.8 Å². The van der Waals surface area contributed by atoms with Crippen molar-refractivity contribution in [3.8, 4) is 5.75 Å².